The highest BCUT2D eigenvalue weighted by Gasteiger charge is 2.54. The minimum absolute atomic E-state index is 0.0418. The van der Waals surface area contributed by atoms with Crippen molar-refractivity contribution in [1.29, 1.82) is 0 Å². The summed E-state index contributed by atoms with van der Waals surface area (Å²) in [6, 6.07) is 29.5. The van der Waals surface area contributed by atoms with Crippen LogP contribution in [-0.2, 0) is 20.5 Å². The summed E-state index contributed by atoms with van der Waals surface area (Å²) >= 11 is 0. The maximum absolute atomic E-state index is 7.11. The molecule has 5 heteroatoms. The molecule has 0 bridgehead atoms. The van der Waals surface area contributed by atoms with Crippen molar-refractivity contribution >= 4 is 18.7 Å². The van der Waals surface area contributed by atoms with E-state index < -0.39 is 8.32 Å². The van der Waals surface area contributed by atoms with Gasteiger partial charge in [0.05, 0.1) is 20.3 Å². The number of hydrogen-bond acceptors (Lipinski definition) is 4. The zero-order valence-electron chi connectivity index (χ0n) is 20.9. The van der Waals surface area contributed by atoms with Crippen LogP contribution in [0.1, 0.15) is 26.3 Å². The molecule has 0 saturated carbocycles. The van der Waals surface area contributed by atoms with Gasteiger partial charge in [-0.25, -0.2) is 0 Å². The van der Waals surface area contributed by atoms with Crippen LogP contribution in [0.15, 0.2) is 96.6 Å². The topological polar surface area (TPSA) is 40.2 Å². The second-order valence-electron chi connectivity index (χ2n) is 10.3. The standard InChI is InChI=1S/C30H34O4Si/c1-30(2,3)35(25-11-7-5-8-12-25,26-13-9-6-10-14-26)33-21-23-19-27(29-28(23)34-29)32-20-22-15-17-24(31-4)18-16-22/h5-19,27-29H,20-21H2,1-4H3/t27-,28+,29?/m0/s1. The summed E-state index contributed by atoms with van der Waals surface area (Å²) in [5.41, 5.74) is 2.32. The van der Waals surface area contributed by atoms with Crippen LogP contribution >= 0.6 is 0 Å². The van der Waals surface area contributed by atoms with E-state index in [1.807, 2.05) is 24.3 Å². The lowest BCUT2D eigenvalue weighted by molar-refractivity contribution is 0.0518. The van der Waals surface area contributed by atoms with Crippen molar-refractivity contribution in [2.75, 3.05) is 13.7 Å². The average molecular weight is 487 g/mol. The van der Waals surface area contributed by atoms with Crippen molar-refractivity contribution in [3.8, 4) is 5.75 Å². The summed E-state index contributed by atoms with van der Waals surface area (Å²) in [7, 11) is -0.903. The fourth-order valence-corrected chi connectivity index (χ4v) is 9.75. The molecule has 0 aromatic heterocycles. The fourth-order valence-electron chi connectivity index (χ4n) is 5.21. The summed E-state index contributed by atoms with van der Waals surface area (Å²) in [5, 5.41) is 2.53. The molecule has 0 amide bonds. The Balaban J connectivity index is 1.35. The first-order chi connectivity index (χ1) is 16.9. The van der Waals surface area contributed by atoms with Gasteiger partial charge in [0.15, 0.2) is 0 Å². The number of ether oxygens (including phenoxy) is 3. The van der Waals surface area contributed by atoms with Crippen molar-refractivity contribution in [3.63, 3.8) is 0 Å². The Morgan fingerprint density at radius 2 is 1.40 bits per heavy atom. The highest BCUT2D eigenvalue weighted by Crippen LogP contribution is 2.43. The lowest BCUT2D eigenvalue weighted by Crippen LogP contribution is -2.66. The van der Waals surface area contributed by atoms with Gasteiger partial charge >= 0.3 is 0 Å². The minimum Gasteiger partial charge on any atom is -0.497 e. The van der Waals surface area contributed by atoms with Crippen LogP contribution in [0, 0.1) is 0 Å². The van der Waals surface area contributed by atoms with E-state index in [0.717, 1.165) is 11.3 Å². The van der Waals surface area contributed by atoms with Crippen LogP contribution in [0.25, 0.3) is 0 Å². The molecule has 182 valence electrons. The Morgan fingerprint density at radius 1 is 0.800 bits per heavy atom. The third kappa shape index (κ3) is 4.74. The van der Waals surface area contributed by atoms with Crippen molar-refractivity contribution < 1.29 is 18.6 Å². The molecule has 1 saturated heterocycles. The van der Waals surface area contributed by atoms with Crippen molar-refractivity contribution in [1.82, 2.24) is 0 Å². The lowest BCUT2D eigenvalue weighted by Gasteiger charge is -2.43. The monoisotopic (exact) mass is 486 g/mol. The minimum atomic E-state index is -2.58. The molecule has 1 heterocycles. The number of methoxy groups -OCH3 is 1. The molecule has 2 aliphatic rings. The largest absolute Gasteiger partial charge is 0.497 e. The van der Waals surface area contributed by atoms with E-state index in [0.29, 0.717) is 13.2 Å². The maximum atomic E-state index is 7.11. The summed E-state index contributed by atoms with van der Waals surface area (Å²) in [6.07, 6.45) is 2.39. The van der Waals surface area contributed by atoms with E-state index in [9.17, 15) is 0 Å². The Hall–Kier alpha value is -2.70. The molecule has 35 heavy (non-hydrogen) atoms. The number of rotatable bonds is 9. The molecule has 0 radical (unpaired) electrons. The first kappa shape index (κ1) is 24.0. The van der Waals surface area contributed by atoms with E-state index in [1.165, 1.54) is 15.9 Å². The maximum Gasteiger partial charge on any atom is 0.261 e. The van der Waals surface area contributed by atoms with Crippen LogP contribution < -0.4 is 15.1 Å². The molecular formula is C30H34O4Si. The number of fused-ring (bicyclic) bond motifs is 1. The van der Waals surface area contributed by atoms with E-state index in [-0.39, 0.29) is 23.4 Å². The normalized spacial score (nSPS) is 21.4. The van der Waals surface area contributed by atoms with Gasteiger partial charge in [0, 0.05) is 0 Å². The molecule has 0 N–H and O–H groups in total. The Bertz CT molecular complexity index is 1110. The Kier molecular flexibility index (Phi) is 6.69. The third-order valence-electron chi connectivity index (χ3n) is 7.07. The molecule has 3 atom stereocenters. The molecular weight excluding hydrogens is 452 g/mol. The molecule has 1 aliphatic carbocycles. The van der Waals surface area contributed by atoms with E-state index in [1.54, 1.807) is 7.11 Å². The first-order valence-corrected chi connectivity index (χ1v) is 14.2. The zero-order valence-corrected chi connectivity index (χ0v) is 21.9. The van der Waals surface area contributed by atoms with Crippen molar-refractivity contribution in [2.24, 2.45) is 0 Å². The Morgan fingerprint density at radius 3 is 1.94 bits per heavy atom. The Labute approximate surface area is 209 Å². The molecule has 1 unspecified atom stereocenters. The first-order valence-electron chi connectivity index (χ1n) is 12.3. The number of epoxide rings is 1. The summed E-state index contributed by atoms with van der Waals surface area (Å²) in [6.45, 7) is 8.01. The SMILES string of the molecule is COc1ccc(CO[C@H]2C=C(CO[Si](c3ccccc3)(c3ccccc3)C(C)(C)C)[C@H]3OC23)cc1. The molecule has 3 aromatic carbocycles. The molecule has 4 nitrogen and oxygen atoms in total. The molecule has 3 aromatic rings. The van der Waals surface area contributed by atoms with Gasteiger partial charge < -0.3 is 18.6 Å². The highest BCUT2D eigenvalue weighted by atomic mass is 28.4. The second kappa shape index (κ2) is 9.74. The van der Waals surface area contributed by atoms with Crippen molar-refractivity contribution in [3.05, 3.63) is 102 Å². The van der Waals surface area contributed by atoms with Gasteiger partial charge in [0.25, 0.3) is 8.32 Å². The van der Waals surface area contributed by atoms with E-state index >= 15 is 0 Å². The molecule has 5 rings (SSSR count). The zero-order chi connectivity index (χ0) is 24.5. The lowest BCUT2D eigenvalue weighted by atomic mass is 10.2. The van der Waals surface area contributed by atoms with Gasteiger partial charge in [0.2, 0.25) is 0 Å². The van der Waals surface area contributed by atoms with Crippen LogP contribution in [0.2, 0.25) is 5.04 Å². The quantitative estimate of drug-likeness (QED) is 0.246. The number of hydrogen-bond donors (Lipinski definition) is 0. The van der Waals surface area contributed by atoms with Gasteiger partial charge in [0.1, 0.15) is 24.1 Å². The average Bonchev–Trinajstić information content (AvgIpc) is 3.60. The van der Waals surface area contributed by atoms with Crippen LogP contribution in [0.4, 0.5) is 0 Å². The third-order valence-corrected chi connectivity index (χ3v) is 12.0. The van der Waals surface area contributed by atoms with Crippen molar-refractivity contribution in [2.45, 2.75) is 50.7 Å². The van der Waals surface area contributed by atoms with Gasteiger partial charge in [-0.05, 0) is 44.8 Å². The van der Waals surface area contributed by atoms with Gasteiger partial charge in [-0.15, -0.1) is 0 Å². The second-order valence-corrected chi connectivity index (χ2v) is 14.6. The van der Waals surface area contributed by atoms with E-state index in [2.05, 4.69) is 87.5 Å². The van der Waals surface area contributed by atoms with Crippen LogP contribution in [0.3, 0.4) is 0 Å². The summed E-state index contributed by atoms with van der Waals surface area (Å²) < 4.78 is 24.6. The molecule has 1 fully saturated rings. The summed E-state index contributed by atoms with van der Waals surface area (Å²) in [4.78, 5) is 0. The summed E-state index contributed by atoms with van der Waals surface area (Å²) in [5.74, 6) is 0.850. The van der Waals surface area contributed by atoms with Gasteiger partial charge in [-0.1, -0.05) is 93.6 Å². The van der Waals surface area contributed by atoms with Gasteiger partial charge in [-0.3, -0.25) is 0 Å². The highest BCUT2D eigenvalue weighted by molar-refractivity contribution is 6.99. The van der Waals surface area contributed by atoms with Crippen LogP contribution in [-0.4, -0.2) is 40.3 Å². The fraction of sp³-hybridized carbons (Fsp3) is 0.333. The molecule has 1 aliphatic heterocycles. The van der Waals surface area contributed by atoms with Gasteiger partial charge in [-0.2, -0.15) is 0 Å². The smallest absolute Gasteiger partial charge is 0.261 e. The number of benzene rings is 3. The van der Waals surface area contributed by atoms with Crippen LogP contribution in [0.5, 0.6) is 5.75 Å². The molecule has 0 spiro atoms. The predicted molar refractivity (Wildman–Crippen MR) is 142 cm³/mol. The van der Waals surface area contributed by atoms with E-state index in [4.69, 9.17) is 18.6 Å². The predicted octanol–water partition coefficient (Wildman–Crippen LogP) is 4.86.